The first-order valence-electron chi connectivity index (χ1n) is 5.97. The van der Waals surface area contributed by atoms with E-state index in [1.807, 2.05) is 18.7 Å². The van der Waals surface area contributed by atoms with Crippen LogP contribution in [0.1, 0.15) is 52.9 Å². The molecule has 0 amide bonds. The summed E-state index contributed by atoms with van der Waals surface area (Å²) in [5, 5.41) is 10.7. The Bertz CT molecular complexity index is 158. The van der Waals surface area contributed by atoms with Crippen LogP contribution in [0.15, 0.2) is 0 Å². The van der Waals surface area contributed by atoms with Gasteiger partial charge in [-0.05, 0) is 25.7 Å². The Hall–Kier alpha value is 0.310. The van der Waals surface area contributed by atoms with Crippen LogP contribution in [0.2, 0.25) is 0 Å². The van der Waals surface area contributed by atoms with Gasteiger partial charge in [-0.15, -0.1) is 0 Å². The lowest BCUT2D eigenvalue weighted by molar-refractivity contribution is 0.196. The van der Waals surface area contributed by atoms with Crippen molar-refractivity contribution in [2.45, 2.75) is 69.5 Å². The number of thioether (sulfide) groups is 1. The van der Waals surface area contributed by atoms with Crippen molar-refractivity contribution in [2.24, 2.45) is 5.92 Å². The summed E-state index contributed by atoms with van der Waals surface area (Å²) in [6.45, 7) is 6.35. The van der Waals surface area contributed by atoms with Crippen molar-refractivity contribution in [1.29, 1.82) is 0 Å². The first kappa shape index (κ1) is 12.4. The highest BCUT2D eigenvalue weighted by Crippen LogP contribution is 2.36. The lowest BCUT2D eigenvalue weighted by atomic mass is 9.87. The topological polar surface area (TPSA) is 20.2 Å². The minimum atomic E-state index is -0.165. The standard InChI is InChI=1S/C12H24OS/c1-4-11-6-5-7-12(8-11)14-10(3)9(2)13/h9-13H,4-8H2,1-3H3. The van der Waals surface area contributed by atoms with E-state index in [9.17, 15) is 5.11 Å². The molecule has 1 fully saturated rings. The highest BCUT2D eigenvalue weighted by atomic mass is 32.2. The van der Waals surface area contributed by atoms with Crippen LogP contribution in [0.5, 0.6) is 0 Å². The molecule has 0 radical (unpaired) electrons. The number of hydrogen-bond donors (Lipinski definition) is 1. The Labute approximate surface area is 92.7 Å². The zero-order valence-electron chi connectivity index (χ0n) is 9.70. The maximum absolute atomic E-state index is 9.45. The van der Waals surface area contributed by atoms with Gasteiger partial charge in [0.2, 0.25) is 0 Å². The zero-order valence-corrected chi connectivity index (χ0v) is 10.5. The van der Waals surface area contributed by atoms with Crippen LogP contribution in [-0.2, 0) is 0 Å². The molecule has 1 rings (SSSR count). The van der Waals surface area contributed by atoms with Gasteiger partial charge in [-0.1, -0.05) is 33.1 Å². The van der Waals surface area contributed by atoms with Gasteiger partial charge in [-0.2, -0.15) is 11.8 Å². The third-order valence-corrected chi connectivity index (χ3v) is 5.03. The first-order valence-corrected chi connectivity index (χ1v) is 6.91. The Morgan fingerprint density at radius 3 is 2.64 bits per heavy atom. The molecule has 84 valence electrons. The molecule has 1 nitrogen and oxygen atoms in total. The summed E-state index contributed by atoms with van der Waals surface area (Å²) in [6.07, 6.45) is 6.72. The molecule has 0 heterocycles. The monoisotopic (exact) mass is 216 g/mol. The molecule has 2 heteroatoms. The molecule has 4 atom stereocenters. The van der Waals surface area contributed by atoms with E-state index in [0.717, 1.165) is 11.2 Å². The molecule has 0 aromatic heterocycles. The van der Waals surface area contributed by atoms with Gasteiger partial charge >= 0.3 is 0 Å². The van der Waals surface area contributed by atoms with Crippen molar-refractivity contribution in [2.75, 3.05) is 0 Å². The van der Waals surface area contributed by atoms with E-state index in [1.165, 1.54) is 32.1 Å². The second-order valence-corrected chi connectivity index (χ2v) is 6.33. The van der Waals surface area contributed by atoms with Gasteiger partial charge in [0.15, 0.2) is 0 Å². The Kier molecular flexibility index (Phi) is 5.32. The van der Waals surface area contributed by atoms with Crippen LogP contribution in [0, 0.1) is 5.92 Å². The predicted molar refractivity (Wildman–Crippen MR) is 64.8 cm³/mol. The lowest BCUT2D eigenvalue weighted by Gasteiger charge is -2.30. The molecule has 0 spiro atoms. The third kappa shape index (κ3) is 3.82. The Balaban J connectivity index is 2.30. The summed E-state index contributed by atoms with van der Waals surface area (Å²) >= 11 is 2.00. The summed E-state index contributed by atoms with van der Waals surface area (Å²) in [5.74, 6) is 0.947. The minimum absolute atomic E-state index is 0.165. The van der Waals surface area contributed by atoms with Crippen molar-refractivity contribution < 1.29 is 5.11 Å². The van der Waals surface area contributed by atoms with Crippen molar-refractivity contribution in [3.05, 3.63) is 0 Å². The van der Waals surface area contributed by atoms with Crippen molar-refractivity contribution >= 4 is 11.8 Å². The average molecular weight is 216 g/mol. The van der Waals surface area contributed by atoms with Gasteiger partial charge < -0.3 is 5.11 Å². The van der Waals surface area contributed by atoms with E-state index in [1.54, 1.807) is 0 Å². The van der Waals surface area contributed by atoms with E-state index < -0.39 is 0 Å². The second kappa shape index (κ2) is 6.02. The molecule has 4 unspecified atom stereocenters. The molecule has 1 aliphatic carbocycles. The summed E-state index contributed by atoms with van der Waals surface area (Å²) in [5.41, 5.74) is 0. The molecule has 0 aliphatic heterocycles. The van der Waals surface area contributed by atoms with Crippen molar-refractivity contribution in [3.63, 3.8) is 0 Å². The second-order valence-electron chi connectivity index (χ2n) is 4.64. The predicted octanol–water partition coefficient (Wildman–Crippen LogP) is 3.46. The van der Waals surface area contributed by atoms with Gasteiger partial charge in [0.25, 0.3) is 0 Å². The quantitative estimate of drug-likeness (QED) is 0.776. The molecule has 1 saturated carbocycles. The highest BCUT2D eigenvalue weighted by molar-refractivity contribution is 8.00. The summed E-state index contributed by atoms with van der Waals surface area (Å²) in [4.78, 5) is 0. The molecule has 0 aromatic rings. The minimum Gasteiger partial charge on any atom is -0.392 e. The maximum Gasteiger partial charge on any atom is 0.0628 e. The van der Waals surface area contributed by atoms with E-state index in [0.29, 0.717) is 5.25 Å². The van der Waals surface area contributed by atoms with Crippen LogP contribution in [0.3, 0.4) is 0 Å². The largest absolute Gasteiger partial charge is 0.392 e. The van der Waals surface area contributed by atoms with Gasteiger partial charge in [0.05, 0.1) is 6.10 Å². The van der Waals surface area contributed by atoms with Crippen LogP contribution < -0.4 is 0 Å². The van der Waals surface area contributed by atoms with Gasteiger partial charge in [-0.3, -0.25) is 0 Å². The average Bonchev–Trinajstić information content (AvgIpc) is 2.18. The normalized spacial score (nSPS) is 32.6. The zero-order chi connectivity index (χ0) is 10.6. The fourth-order valence-corrected chi connectivity index (χ4v) is 3.67. The van der Waals surface area contributed by atoms with Crippen LogP contribution in [-0.4, -0.2) is 21.7 Å². The fraction of sp³-hybridized carbons (Fsp3) is 1.00. The molecule has 0 bridgehead atoms. The van der Waals surface area contributed by atoms with E-state index in [2.05, 4.69) is 13.8 Å². The first-order chi connectivity index (χ1) is 6.63. The van der Waals surface area contributed by atoms with E-state index in [4.69, 9.17) is 0 Å². The molecular weight excluding hydrogens is 192 g/mol. The Morgan fingerprint density at radius 1 is 1.36 bits per heavy atom. The van der Waals surface area contributed by atoms with Crippen molar-refractivity contribution in [3.8, 4) is 0 Å². The molecule has 0 saturated heterocycles. The fourth-order valence-electron chi connectivity index (χ4n) is 2.15. The Morgan fingerprint density at radius 2 is 2.07 bits per heavy atom. The number of aliphatic hydroxyl groups excluding tert-OH is 1. The highest BCUT2D eigenvalue weighted by Gasteiger charge is 2.23. The summed E-state index contributed by atoms with van der Waals surface area (Å²) < 4.78 is 0. The molecule has 1 aliphatic rings. The molecule has 0 aromatic carbocycles. The number of aliphatic hydroxyl groups is 1. The maximum atomic E-state index is 9.45. The third-order valence-electron chi connectivity index (χ3n) is 3.40. The number of rotatable bonds is 4. The van der Waals surface area contributed by atoms with Crippen LogP contribution >= 0.6 is 11.8 Å². The van der Waals surface area contributed by atoms with Gasteiger partial charge in [-0.25, -0.2) is 0 Å². The van der Waals surface area contributed by atoms with Crippen molar-refractivity contribution in [1.82, 2.24) is 0 Å². The summed E-state index contributed by atoms with van der Waals surface area (Å²) in [7, 11) is 0. The lowest BCUT2D eigenvalue weighted by Crippen LogP contribution is -2.23. The molecule has 1 N–H and O–H groups in total. The molecular formula is C12H24OS. The van der Waals surface area contributed by atoms with Gasteiger partial charge in [0.1, 0.15) is 0 Å². The van der Waals surface area contributed by atoms with E-state index in [-0.39, 0.29) is 6.10 Å². The van der Waals surface area contributed by atoms with Gasteiger partial charge in [0, 0.05) is 10.5 Å². The van der Waals surface area contributed by atoms with Crippen LogP contribution in [0.25, 0.3) is 0 Å². The number of hydrogen-bond acceptors (Lipinski definition) is 2. The summed E-state index contributed by atoms with van der Waals surface area (Å²) in [6, 6.07) is 0. The smallest absolute Gasteiger partial charge is 0.0628 e. The van der Waals surface area contributed by atoms with Crippen LogP contribution in [0.4, 0.5) is 0 Å². The van der Waals surface area contributed by atoms with E-state index >= 15 is 0 Å². The SMILES string of the molecule is CCC1CCCC(SC(C)C(C)O)C1. The molecule has 14 heavy (non-hydrogen) atoms.